The predicted molar refractivity (Wildman–Crippen MR) is 150 cm³/mol. The average Bonchev–Trinajstić information content (AvgIpc) is 2.88. The first-order valence-corrected chi connectivity index (χ1v) is 13.0. The van der Waals surface area contributed by atoms with E-state index in [-0.39, 0.29) is 5.57 Å². The van der Waals surface area contributed by atoms with E-state index >= 15 is 0 Å². The second kappa shape index (κ2) is 10.3. The number of imide groups is 2. The minimum absolute atomic E-state index is 0.142. The number of fused-ring (bicyclic) bond motifs is 1. The van der Waals surface area contributed by atoms with Gasteiger partial charge in [-0.05, 0) is 92.8 Å². The standard InChI is InChI=1S/C29H20Br2N2O4/c1-17-12-22(9-10-24(17)30)33-28(35)23(27(34)32-29(33)36)14-18-7-11-26(25(31)15-18)37-16-19-6-8-20-4-2-3-5-21(20)13-19/h2-15H,16H2,1H3,(H,32,34,36)/b23-14+. The molecule has 1 fully saturated rings. The second-order valence-corrected chi connectivity index (χ2v) is 10.3. The number of ether oxygens (including phenoxy) is 1. The molecule has 0 spiro atoms. The van der Waals surface area contributed by atoms with Crippen molar-refractivity contribution in [3.8, 4) is 5.75 Å². The SMILES string of the molecule is Cc1cc(N2C(=O)NC(=O)/C(=C\c3ccc(OCc4ccc5ccccc5c4)c(Br)c3)C2=O)ccc1Br. The van der Waals surface area contributed by atoms with Crippen LogP contribution < -0.4 is 15.0 Å². The van der Waals surface area contributed by atoms with Crippen molar-refractivity contribution >= 4 is 72.2 Å². The lowest BCUT2D eigenvalue weighted by molar-refractivity contribution is -0.122. The molecule has 5 rings (SSSR count). The fourth-order valence-corrected chi connectivity index (χ4v) is 4.80. The van der Waals surface area contributed by atoms with Crippen molar-refractivity contribution in [2.24, 2.45) is 0 Å². The summed E-state index contributed by atoms with van der Waals surface area (Å²) in [6.45, 7) is 2.23. The van der Waals surface area contributed by atoms with Crippen LogP contribution in [0.2, 0.25) is 0 Å². The van der Waals surface area contributed by atoms with E-state index in [1.807, 2.05) is 25.1 Å². The molecule has 184 valence electrons. The number of barbiturate groups is 1. The first-order valence-electron chi connectivity index (χ1n) is 11.4. The molecular formula is C29H20Br2N2O4. The zero-order valence-electron chi connectivity index (χ0n) is 19.6. The van der Waals surface area contributed by atoms with Crippen molar-refractivity contribution in [3.63, 3.8) is 0 Å². The summed E-state index contributed by atoms with van der Waals surface area (Å²) in [6.07, 6.45) is 1.46. The zero-order valence-corrected chi connectivity index (χ0v) is 22.8. The summed E-state index contributed by atoms with van der Waals surface area (Å²) in [4.78, 5) is 39.2. The van der Waals surface area contributed by atoms with Gasteiger partial charge in [-0.1, -0.05) is 58.4 Å². The van der Waals surface area contributed by atoms with Gasteiger partial charge in [0, 0.05) is 4.47 Å². The summed E-state index contributed by atoms with van der Waals surface area (Å²) in [5, 5.41) is 4.56. The topological polar surface area (TPSA) is 75.7 Å². The van der Waals surface area contributed by atoms with Crippen LogP contribution in [0.5, 0.6) is 5.75 Å². The molecule has 0 unspecified atom stereocenters. The minimum Gasteiger partial charge on any atom is -0.488 e. The largest absolute Gasteiger partial charge is 0.488 e. The summed E-state index contributed by atoms with van der Waals surface area (Å²) < 4.78 is 7.52. The lowest BCUT2D eigenvalue weighted by atomic mass is 10.1. The molecule has 6 nitrogen and oxygen atoms in total. The molecule has 1 aliphatic heterocycles. The van der Waals surface area contributed by atoms with Crippen LogP contribution in [-0.2, 0) is 16.2 Å². The normalized spacial score (nSPS) is 14.8. The van der Waals surface area contributed by atoms with Crippen molar-refractivity contribution in [1.29, 1.82) is 0 Å². The molecule has 0 bridgehead atoms. The number of benzene rings is 4. The van der Waals surface area contributed by atoms with Crippen LogP contribution in [0.15, 0.2) is 93.4 Å². The Morgan fingerprint density at radius 2 is 1.65 bits per heavy atom. The molecular weight excluding hydrogens is 600 g/mol. The summed E-state index contributed by atoms with van der Waals surface area (Å²) in [7, 11) is 0. The van der Waals surface area contributed by atoms with Crippen LogP contribution in [0.3, 0.4) is 0 Å². The van der Waals surface area contributed by atoms with E-state index in [9.17, 15) is 14.4 Å². The smallest absolute Gasteiger partial charge is 0.335 e. The zero-order chi connectivity index (χ0) is 26.1. The van der Waals surface area contributed by atoms with E-state index in [0.29, 0.717) is 28.1 Å². The van der Waals surface area contributed by atoms with E-state index < -0.39 is 17.8 Å². The number of urea groups is 1. The fraction of sp³-hybridized carbons (Fsp3) is 0.0690. The Hall–Kier alpha value is -3.75. The molecule has 1 saturated heterocycles. The van der Waals surface area contributed by atoms with Gasteiger partial charge in [0.05, 0.1) is 10.2 Å². The lowest BCUT2D eigenvalue weighted by Gasteiger charge is -2.26. The maximum Gasteiger partial charge on any atom is 0.335 e. The van der Waals surface area contributed by atoms with Crippen LogP contribution in [0.4, 0.5) is 10.5 Å². The number of aryl methyl sites for hydroxylation is 1. The van der Waals surface area contributed by atoms with Gasteiger partial charge in [-0.25, -0.2) is 9.69 Å². The average molecular weight is 620 g/mol. The maximum absolute atomic E-state index is 13.2. The number of carbonyl (C=O) groups is 3. The number of nitrogens with zero attached hydrogens (tertiary/aromatic N) is 1. The molecule has 0 radical (unpaired) electrons. The molecule has 1 aliphatic rings. The quantitative estimate of drug-likeness (QED) is 0.194. The van der Waals surface area contributed by atoms with Gasteiger partial charge in [0.15, 0.2) is 0 Å². The predicted octanol–water partition coefficient (Wildman–Crippen LogP) is 6.92. The van der Waals surface area contributed by atoms with Crippen molar-refractivity contribution in [3.05, 3.63) is 110 Å². The third kappa shape index (κ3) is 5.21. The number of hydrogen-bond donors (Lipinski definition) is 1. The van der Waals surface area contributed by atoms with E-state index in [1.165, 1.54) is 11.5 Å². The van der Waals surface area contributed by atoms with Crippen molar-refractivity contribution < 1.29 is 19.1 Å². The van der Waals surface area contributed by atoms with Gasteiger partial charge in [-0.15, -0.1) is 0 Å². The van der Waals surface area contributed by atoms with Gasteiger partial charge in [-0.2, -0.15) is 0 Å². The third-order valence-corrected chi connectivity index (χ3v) is 7.49. The second-order valence-electron chi connectivity index (χ2n) is 8.55. The summed E-state index contributed by atoms with van der Waals surface area (Å²) in [6, 6.07) is 23.9. The van der Waals surface area contributed by atoms with E-state index in [1.54, 1.807) is 36.4 Å². The van der Waals surface area contributed by atoms with Crippen LogP contribution >= 0.6 is 31.9 Å². The maximum atomic E-state index is 13.2. The first kappa shape index (κ1) is 24.9. The number of nitrogens with one attached hydrogen (secondary N) is 1. The van der Waals surface area contributed by atoms with Gasteiger partial charge >= 0.3 is 6.03 Å². The molecule has 8 heteroatoms. The number of anilines is 1. The van der Waals surface area contributed by atoms with E-state index in [2.05, 4.69) is 61.4 Å². The van der Waals surface area contributed by atoms with Crippen LogP contribution in [0.25, 0.3) is 16.8 Å². The molecule has 0 aliphatic carbocycles. The Bertz CT molecular complexity index is 1610. The first-order chi connectivity index (χ1) is 17.8. The Kier molecular flexibility index (Phi) is 6.95. The molecule has 0 saturated carbocycles. The van der Waals surface area contributed by atoms with E-state index in [4.69, 9.17) is 4.74 Å². The highest BCUT2D eigenvalue weighted by Crippen LogP contribution is 2.30. The van der Waals surface area contributed by atoms with Gasteiger partial charge in [0.2, 0.25) is 0 Å². The Labute approximate surface area is 230 Å². The molecule has 4 aromatic carbocycles. The Morgan fingerprint density at radius 1 is 0.865 bits per heavy atom. The van der Waals surface area contributed by atoms with Crippen molar-refractivity contribution in [2.75, 3.05) is 4.90 Å². The number of hydrogen-bond acceptors (Lipinski definition) is 4. The highest BCUT2D eigenvalue weighted by atomic mass is 79.9. The highest BCUT2D eigenvalue weighted by molar-refractivity contribution is 9.10. The number of rotatable bonds is 5. The number of amides is 4. The molecule has 1 N–H and O–H groups in total. The number of carbonyl (C=O) groups excluding carboxylic acids is 3. The van der Waals surface area contributed by atoms with Gasteiger partial charge in [0.25, 0.3) is 11.8 Å². The Morgan fingerprint density at radius 3 is 2.41 bits per heavy atom. The molecule has 0 atom stereocenters. The molecule has 0 aromatic heterocycles. The van der Waals surface area contributed by atoms with Crippen LogP contribution in [0, 0.1) is 6.92 Å². The van der Waals surface area contributed by atoms with Crippen LogP contribution in [0.1, 0.15) is 16.7 Å². The number of halogens is 2. The Balaban J connectivity index is 1.36. The third-order valence-electron chi connectivity index (χ3n) is 5.98. The summed E-state index contributed by atoms with van der Waals surface area (Å²) >= 11 is 6.93. The molecule has 1 heterocycles. The monoisotopic (exact) mass is 618 g/mol. The van der Waals surface area contributed by atoms with E-state index in [0.717, 1.165) is 25.9 Å². The minimum atomic E-state index is -0.785. The van der Waals surface area contributed by atoms with Gasteiger partial charge < -0.3 is 4.74 Å². The van der Waals surface area contributed by atoms with Crippen LogP contribution in [-0.4, -0.2) is 17.8 Å². The van der Waals surface area contributed by atoms with Gasteiger partial charge in [0.1, 0.15) is 17.9 Å². The molecule has 4 amide bonds. The fourth-order valence-electron chi connectivity index (χ4n) is 4.04. The molecule has 37 heavy (non-hydrogen) atoms. The molecule has 4 aromatic rings. The van der Waals surface area contributed by atoms with Crippen molar-refractivity contribution in [2.45, 2.75) is 13.5 Å². The van der Waals surface area contributed by atoms with Gasteiger partial charge in [-0.3, -0.25) is 14.9 Å². The lowest BCUT2D eigenvalue weighted by Crippen LogP contribution is -2.54. The summed E-state index contributed by atoms with van der Waals surface area (Å²) in [5.74, 6) is -0.812. The highest BCUT2D eigenvalue weighted by Gasteiger charge is 2.37. The van der Waals surface area contributed by atoms with Crippen molar-refractivity contribution in [1.82, 2.24) is 5.32 Å². The summed E-state index contributed by atoms with van der Waals surface area (Å²) in [5.41, 5.74) is 2.72.